The van der Waals surface area contributed by atoms with Crippen molar-refractivity contribution in [1.29, 1.82) is 5.26 Å². The predicted octanol–water partition coefficient (Wildman–Crippen LogP) is 3.11. The first kappa shape index (κ1) is 12.5. The van der Waals surface area contributed by atoms with Crippen LogP contribution < -0.4 is 5.32 Å². The van der Waals surface area contributed by atoms with Crippen molar-refractivity contribution in [3.05, 3.63) is 23.4 Å². The van der Waals surface area contributed by atoms with Crippen LogP contribution in [0.5, 0.6) is 0 Å². The van der Waals surface area contributed by atoms with E-state index in [-0.39, 0.29) is 0 Å². The number of nitrogens with zero attached hydrogens (tertiary/aromatic N) is 2. The lowest BCUT2D eigenvalue weighted by atomic mass is 10.1. The van der Waals surface area contributed by atoms with Gasteiger partial charge in [0.2, 0.25) is 0 Å². The first-order valence-electron chi connectivity index (χ1n) is 5.67. The van der Waals surface area contributed by atoms with E-state index in [4.69, 9.17) is 5.26 Å². The van der Waals surface area contributed by atoms with E-state index in [2.05, 4.69) is 37.1 Å². The summed E-state index contributed by atoms with van der Waals surface area (Å²) in [5, 5.41) is 12.3. The zero-order valence-electron chi connectivity index (χ0n) is 10.4. The highest BCUT2D eigenvalue weighted by molar-refractivity contribution is 5.52. The molecule has 1 aromatic rings. The summed E-state index contributed by atoms with van der Waals surface area (Å²) in [6.07, 6.45) is 1.07. The van der Waals surface area contributed by atoms with Gasteiger partial charge in [-0.25, -0.2) is 4.98 Å². The van der Waals surface area contributed by atoms with E-state index < -0.39 is 0 Å². The third-order valence-electron chi connectivity index (χ3n) is 2.36. The molecule has 0 aliphatic carbocycles. The van der Waals surface area contributed by atoms with E-state index in [1.54, 1.807) is 0 Å². The molecule has 1 unspecified atom stereocenters. The molecule has 1 aromatic heterocycles. The van der Waals surface area contributed by atoms with Gasteiger partial charge in [0.1, 0.15) is 11.9 Å². The van der Waals surface area contributed by atoms with Crippen LogP contribution in [0.25, 0.3) is 0 Å². The lowest BCUT2D eigenvalue weighted by molar-refractivity contribution is 0.538. The van der Waals surface area contributed by atoms with Crippen molar-refractivity contribution < 1.29 is 0 Å². The quantitative estimate of drug-likeness (QED) is 0.843. The van der Waals surface area contributed by atoms with Crippen molar-refractivity contribution in [3.63, 3.8) is 0 Å². The Morgan fingerprint density at radius 1 is 1.38 bits per heavy atom. The van der Waals surface area contributed by atoms with Gasteiger partial charge < -0.3 is 5.32 Å². The Balaban J connectivity index is 2.80. The first-order chi connectivity index (χ1) is 7.52. The first-order valence-corrected chi connectivity index (χ1v) is 5.67. The number of nitriles is 1. The Bertz CT molecular complexity index is 391. The van der Waals surface area contributed by atoms with Crippen LogP contribution in [0.15, 0.2) is 12.1 Å². The van der Waals surface area contributed by atoms with Gasteiger partial charge in [-0.05, 0) is 38.3 Å². The van der Waals surface area contributed by atoms with Gasteiger partial charge in [0.15, 0.2) is 0 Å². The van der Waals surface area contributed by atoms with E-state index in [9.17, 15) is 0 Å². The highest BCUT2D eigenvalue weighted by Gasteiger charge is 2.09. The summed E-state index contributed by atoms with van der Waals surface area (Å²) in [6, 6.07) is 6.16. The van der Waals surface area contributed by atoms with Gasteiger partial charge >= 0.3 is 0 Å². The highest BCUT2D eigenvalue weighted by Crippen LogP contribution is 2.15. The van der Waals surface area contributed by atoms with Crippen molar-refractivity contribution in [1.82, 2.24) is 4.98 Å². The van der Waals surface area contributed by atoms with Crippen LogP contribution in [0, 0.1) is 24.2 Å². The maximum absolute atomic E-state index is 8.97. The molecule has 3 heteroatoms. The second kappa shape index (κ2) is 5.50. The zero-order valence-corrected chi connectivity index (χ0v) is 10.4. The van der Waals surface area contributed by atoms with Crippen LogP contribution >= 0.6 is 0 Å². The third kappa shape index (κ3) is 3.54. The van der Waals surface area contributed by atoms with Crippen LogP contribution in [0.2, 0.25) is 0 Å². The molecule has 1 rings (SSSR count). The molecule has 0 radical (unpaired) electrons. The number of aromatic nitrogens is 1. The number of aryl methyl sites for hydroxylation is 1. The fourth-order valence-electron chi connectivity index (χ4n) is 1.76. The number of nitrogens with one attached hydrogen (secondary N) is 1. The average molecular weight is 217 g/mol. The molecule has 16 heavy (non-hydrogen) atoms. The van der Waals surface area contributed by atoms with Gasteiger partial charge in [-0.15, -0.1) is 0 Å². The normalized spacial score (nSPS) is 12.2. The van der Waals surface area contributed by atoms with Crippen LogP contribution in [-0.2, 0) is 0 Å². The summed E-state index contributed by atoms with van der Waals surface area (Å²) >= 11 is 0. The van der Waals surface area contributed by atoms with Gasteiger partial charge in [0, 0.05) is 11.7 Å². The molecule has 0 amide bonds. The Morgan fingerprint density at radius 2 is 2.06 bits per heavy atom. The average Bonchev–Trinajstić information content (AvgIpc) is 2.16. The molecule has 3 nitrogen and oxygen atoms in total. The number of rotatable bonds is 4. The molecule has 0 saturated heterocycles. The Kier molecular flexibility index (Phi) is 4.30. The lowest BCUT2D eigenvalue weighted by Crippen LogP contribution is -2.19. The molecular weight excluding hydrogens is 198 g/mol. The van der Waals surface area contributed by atoms with Gasteiger partial charge in [-0.3, -0.25) is 0 Å². The van der Waals surface area contributed by atoms with Gasteiger partial charge in [-0.2, -0.15) is 5.26 Å². The summed E-state index contributed by atoms with van der Waals surface area (Å²) in [7, 11) is 0. The van der Waals surface area contributed by atoms with Crippen LogP contribution in [0.4, 0.5) is 5.82 Å². The molecule has 1 atom stereocenters. The number of pyridine rings is 1. The van der Waals surface area contributed by atoms with Gasteiger partial charge in [0.05, 0.1) is 5.56 Å². The summed E-state index contributed by atoms with van der Waals surface area (Å²) in [6.45, 7) is 8.42. The summed E-state index contributed by atoms with van der Waals surface area (Å²) in [5.41, 5.74) is 1.54. The van der Waals surface area contributed by atoms with Crippen molar-refractivity contribution in [3.8, 4) is 6.07 Å². The Hall–Kier alpha value is -1.56. The Labute approximate surface area is 97.5 Å². The number of hydrogen-bond donors (Lipinski definition) is 1. The van der Waals surface area contributed by atoms with E-state index in [0.717, 1.165) is 12.1 Å². The molecular formula is C13H19N3. The minimum Gasteiger partial charge on any atom is -0.367 e. The fraction of sp³-hybridized carbons (Fsp3) is 0.538. The van der Waals surface area contributed by atoms with E-state index >= 15 is 0 Å². The minimum atomic E-state index is 0.335. The summed E-state index contributed by atoms with van der Waals surface area (Å²) in [4.78, 5) is 4.36. The second-order valence-corrected chi connectivity index (χ2v) is 4.64. The largest absolute Gasteiger partial charge is 0.367 e. The standard InChI is InChI=1S/C13H19N3/c1-9(2)7-11(4)16-13-12(8-14)6-5-10(3)15-13/h5-6,9,11H,7H2,1-4H3,(H,15,16). The molecule has 0 saturated carbocycles. The van der Waals surface area contributed by atoms with Gasteiger partial charge in [0.25, 0.3) is 0 Å². The van der Waals surface area contributed by atoms with Crippen molar-refractivity contribution >= 4 is 5.82 Å². The number of anilines is 1. The minimum absolute atomic E-state index is 0.335. The second-order valence-electron chi connectivity index (χ2n) is 4.64. The molecule has 0 bridgehead atoms. The topological polar surface area (TPSA) is 48.7 Å². The highest BCUT2D eigenvalue weighted by atomic mass is 15.0. The van der Waals surface area contributed by atoms with Crippen molar-refractivity contribution in [2.24, 2.45) is 5.92 Å². The Morgan fingerprint density at radius 3 is 2.62 bits per heavy atom. The molecule has 1 N–H and O–H groups in total. The number of hydrogen-bond acceptors (Lipinski definition) is 3. The zero-order chi connectivity index (χ0) is 12.1. The monoisotopic (exact) mass is 217 g/mol. The summed E-state index contributed by atoms with van der Waals surface area (Å²) in [5.74, 6) is 1.34. The van der Waals surface area contributed by atoms with Crippen molar-refractivity contribution in [2.45, 2.75) is 40.2 Å². The molecule has 0 spiro atoms. The molecule has 0 aliphatic rings. The maximum atomic E-state index is 8.97. The van der Waals surface area contributed by atoms with Crippen LogP contribution in [0.3, 0.4) is 0 Å². The fourth-order valence-corrected chi connectivity index (χ4v) is 1.76. The third-order valence-corrected chi connectivity index (χ3v) is 2.36. The van der Waals surface area contributed by atoms with Crippen LogP contribution in [0.1, 0.15) is 38.4 Å². The van der Waals surface area contributed by atoms with Gasteiger partial charge in [-0.1, -0.05) is 13.8 Å². The lowest BCUT2D eigenvalue weighted by Gasteiger charge is -2.17. The molecule has 1 heterocycles. The summed E-state index contributed by atoms with van der Waals surface area (Å²) < 4.78 is 0. The predicted molar refractivity (Wildman–Crippen MR) is 66.2 cm³/mol. The SMILES string of the molecule is Cc1ccc(C#N)c(NC(C)CC(C)C)n1. The molecule has 0 aliphatic heterocycles. The van der Waals surface area contributed by atoms with E-state index in [1.165, 1.54) is 0 Å². The molecule has 86 valence electrons. The molecule has 0 aromatic carbocycles. The van der Waals surface area contributed by atoms with Crippen LogP contribution in [-0.4, -0.2) is 11.0 Å². The van der Waals surface area contributed by atoms with E-state index in [0.29, 0.717) is 23.3 Å². The van der Waals surface area contributed by atoms with E-state index in [1.807, 2.05) is 19.1 Å². The smallest absolute Gasteiger partial charge is 0.144 e. The maximum Gasteiger partial charge on any atom is 0.144 e. The molecule has 0 fully saturated rings. The van der Waals surface area contributed by atoms with Crippen molar-refractivity contribution in [2.75, 3.05) is 5.32 Å².